The first-order valence-corrected chi connectivity index (χ1v) is 11.1. The highest BCUT2D eigenvalue weighted by Gasteiger charge is 2.20. The van der Waals surface area contributed by atoms with E-state index in [0.29, 0.717) is 22.0 Å². The Morgan fingerprint density at radius 2 is 1.41 bits per heavy atom. The van der Waals surface area contributed by atoms with Gasteiger partial charge in [-0.2, -0.15) is 0 Å². The summed E-state index contributed by atoms with van der Waals surface area (Å²) in [5, 5.41) is 3.40. The summed E-state index contributed by atoms with van der Waals surface area (Å²) in [6, 6.07) is 30.8. The number of nitrogens with one attached hydrogen (secondary N) is 1. The van der Waals surface area contributed by atoms with Gasteiger partial charge in [0.25, 0.3) is 11.8 Å². The van der Waals surface area contributed by atoms with Crippen LogP contribution in [-0.2, 0) is 4.79 Å². The number of ether oxygens (including phenoxy) is 1. The van der Waals surface area contributed by atoms with Crippen molar-refractivity contribution < 1.29 is 14.3 Å². The monoisotopic (exact) mass is 470 g/mol. The first kappa shape index (κ1) is 23.1. The molecule has 0 unspecified atom stereocenters. The van der Waals surface area contributed by atoms with Crippen LogP contribution in [0, 0.1) is 6.92 Å². The Balaban J connectivity index is 1.54. The van der Waals surface area contributed by atoms with Crippen molar-refractivity contribution in [2.45, 2.75) is 6.92 Å². The van der Waals surface area contributed by atoms with E-state index in [9.17, 15) is 9.59 Å². The minimum absolute atomic E-state index is 0.246. The molecule has 0 heterocycles. The SMILES string of the molecule is Cc1ccc(Cl)cc1NC(=O)c1ccccc1OCC(=O)N(c1ccccc1)c1ccccc1. The van der Waals surface area contributed by atoms with E-state index in [1.807, 2.05) is 73.7 Å². The van der Waals surface area contributed by atoms with Gasteiger partial charge in [0, 0.05) is 22.1 Å². The number of benzene rings is 4. The maximum Gasteiger partial charge on any atom is 0.269 e. The number of aryl methyl sites for hydroxylation is 1. The molecule has 2 amide bonds. The number of anilines is 3. The van der Waals surface area contributed by atoms with E-state index in [1.54, 1.807) is 41.3 Å². The highest BCUT2D eigenvalue weighted by atomic mass is 35.5. The molecule has 1 N–H and O–H groups in total. The van der Waals surface area contributed by atoms with Crippen LogP contribution in [0.1, 0.15) is 15.9 Å². The number of rotatable bonds is 7. The number of halogens is 1. The van der Waals surface area contributed by atoms with Crippen LogP contribution in [0.2, 0.25) is 5.02 Å². The molecular formula is C28H23ClN2O3. The Labute approximate surface area is 203 Å². The van der Waals surface area contributed by atoms with E-state index in [4.69, 9.17) is 16.3 Å². The van der Waals surface area contributed by atoms with Crippen LogP contribution in [0.3, 0.4) is 0 Å². The van der Waals surface area contributed by atoms with Crippen molar-refractivity contribution >= 4 is 40.5 Å². The third-order valence-corrected chi connectivity index (χ3v) is 5.44. The molecule has 0 saturated carbocycles. The zero-order chi connectivity index (χ0) is 23.9. The van der Waals surface area contributed by atoms with Crippen LogP contribution < -0.4 is 15.0 Å². The number of nitrogens with zero attached hydrogens (tertiary/aromatic N) is 1. The molecule has 4 rings (SSSR count). The number of amides is 2. The third-order valence-electron chi connectivity index (χ3n) is 5.21. The topological polar surface area (TPSA) is 58.6 Å². The van der Waals surface area contributed by atoms with Crippen LogP contribution in [0.25, 0.3) is 0 Å². The summed E-state index contributed by atoms with van der Waals surface area (Å²) in [5.41, 5.74) is 3.27. The zero-order valence-corrected chi connectivity index (χ0v) is 19.3. The predicted octanol–water partition coefficient (Wildman–Crippen LogP) is 6.64. The summed E-state index contributed by atoms with van der Waals surface area (Å²) in [6.07, 6.45) is 0. The molecule has 0 aromatic heterocycles. The number of para-hydroxylation sites is 3. The molecule has 0 aliphatic heterocycles. The molecule has 4 aromatic carbocycles. The normalized spacial score (nSPS) is 10.4. The molecule has 4 aromatic rings. The summed E-state index contributed by atoms with van der Waals surface area (Å²) >= 11 is 6.07. The molecule has 0 bridgehead atoms. The number of carbonyl (C=O) groups is 2. The van der Waals surface area contributed by atoms with Gasteiger partial charge in [-0.1, -0.05) is 66.2 Å². The molecule has 0 saturated heterocycles. The molecule has 0 radical (unpaired) electrons. The average Bonchev–Trinajstić information content (AvgIpc) is 2.86. The highest BCUT2D eigenvalue weighted by molar-refractivity contribution is 6.31. The second-order valence-corrected chi connectivity index (χ2v) is 8.03. The zero-order valence-electron chi connectivity index (χ0n) is 18.6. The van der Waals surface area contributed by atoms with Gasteiger partial charge in [0.1, 0.15) is 5.75 Å². The summed E-state index contributed by atoms with van der Waals surface area (Å²) in [5.74, 6) is -0.302. The Hall–Kier alpha value is -4.09. The fraction of sp³-hybridized carbons (Fsp3) is 0.0714. The quantitative estimate of drug-likeness (QED) is 0.329. The number of hydrogen-bond donors (Lipinski definition) is 1. The largest absolute Gasteiger partial charge is 0.483 e. The lowest BCUT2D eigenvalue weighted by atomic mass is 10.1. The minimum atomic E-state index is -0.351. The lowest BCUT2D eigenvalue weighted by molar-refractivity contribution is -0.119. The Morgan fingerprint density at radius 3 is 2.06 bits per heavy atom. The summed E-state index contributed by atoms with van der Waals surface area (Å²) in [6.45, 7) is 1.64. The molecule has 0 atom stereocenters. The van der Waals surface area contributed by atoms with Gasteiger partial charge in [0.05, 0.1) is 5.56 Å². The van der Waals surface area contributed by atoms with Gasteiger partial charge in [-0.15, -0.1) is 0 Å². The fourth-order valence-corrected chi connectivity index (χ4v) is 3.67. The summed E-state index contributed by atoms with van der Waals surface area (Å²) < 4.78 is 5.86. The lowest BCUT2D eigenvalue weighted by Gasteiger charge is -2.23. The Morgan fingerprint density at radius 1 is 0.824 bits per heavy atom. The van der Waals surface area contributed by atoms with E-state index in [0.717, 1.165) is 16.9 Å². The summed E-state index contributed by atoms with van der Waals surface area (Å²) in [4.78, 5) is 27.8. The van der Waals surface area contributed by atoms with Crippen molar-refractivity contribution in [3.8, 4) is 5.75 Å². The van der Waals surface area contributed by atoms with E-state index in [1.165, 1.54) is 0 Å². The van der Waals surface area contributed by atoms with E-state index < -0.39 is 0 Å². The number of hydrogen-bond acceptors (Lipinski definition) is 3. The van der Waals surface area contributed by atoms with Crippen molar-refractivity contribution in [3.63, 3.8) is 0 Å². The third kappa shape index (κ3) is 5.45. The first-order chi connectivity index (χ1) is 16.5. The van der Waals surface area contributed by atoms with Crippen LogP contribution in [0.15, 0.2) is 103 Å². The standard InChI is InChI=1S/C28H23ClN2O3/c1-20-16-17-21(29)18-25(20)30-28(33)24-14-8-9-15-26(24)34-19-27(32)31(22-10-4-2-5-11-22)23-12-6-3-7-13-23/h2-18H,19H2,1H3,(H,30,33). The highest BCUT2D eigenvalue weighted by Crippen LogP contribution is 2.27. The molecule has 0 aliphatic carbocycles. The maximum atomic E-state index is 13.3. The van der Waals surface area contributed by atoms with E-state index >= 15 is 0 Å². The van der Waals surface area contributed by atoms with Gasteiger partial charge in [0.2, 0.25) is 0 Å². The van der Waals surface area contributed by atoms with Crippen molar-refractivity contribution in [2.75, 3.05) is 16.8 Å². The van der Waals surface area contributed by atoms with Crippen molar-refractivity contribution in [1.29, 1.82) is 0 Å². The van der Waals surface area contributed by atoms with Crippen LogP contribution in [-0.4, -0.2) is 18.4 Å². The first-order valence-electron chi connectivity index (χ1n) is 10.8. The molecule has 6 heteroatoms. The smallest absolute Gasteiger partial charge is 0.269 e. The van der Waals surface area contributed by atoms with Crippen molar-refractivity contribution in [1.82, 2.24) is 0 Å². The van der Waals surface area contributed by atoms with Gasteiger partial charge < -0.3 is 10.1 Å². The Bertz CT molecular complexity index is 1250. The van der Waals surface area contributed by atoms with E-state index in [2.05, 4.69) is 5.32 Å². The van der Waals surface area contributed by atoms with Gasteiger partial charge in [0.15, 0.2) is 6.61 Å². The van der Waals surface area contributed by atoms with E-state index in [-0.39, 0.29) is 18.4 Å². The molecule has 0 aliphatic rings. The van der Waals surface area contributed by atoms with Crippen molar-refractivity contribution in [3.05, 3.63) is 119 Å². The van der Waals surface area contributed by atoms with Gasteiger partial charge >= 0.3 is 0 Å². The van der Waals surface area contributed by atoms with Gasteiger partial charge in [-0.25, -0.2) is 0 Å². The molecule has 34 heavy (non-hydrogen) atoms. The maximum absolute atomic E-state index is 13.3. The van der Waals surface area contributed by atoms with Crippen LogP contribution >= 0.6 is 11.6 Å². The fourth-order valence-electron chi connectivity index (χ4n) is 3.49. The van der Waals surface area contributed by atoms with Gasteiger partial charge in [-0.3, -0.25) is 14.5 Å². The average molecular weight is 471 g/mol. The number of carbonyl (C=O) groups excluding carboxylic acids is 2. The van der Waals surface area contributed by atoms with Gasteiger partial charge in [-0.05, 0) is 61.0 Å². The molecule has 5 nitrogen and oxygen atoms in total. The second kappa shape index (κ2) is 10.7. The molecule has 0 spiro atoms. The predicted molar refractivity (Wildman–Crippen MR) is 136 cm³/mol. The second-order valence-electron chi connectivity index (χ2n) is 7.60. The molecule has 0 fully saturated rings. The van der Waals surface area contributed by atoms with Crippen molar-refractivity contribution in [2.24, 2.45) is 0 Å². The van der Waals surface area contributed by atoms with Crippen LogP contribution in [0.4, 0.5) is 17.1 Å². The van der Waals surface area contributed by atoms with Crippen LogP contribution in [0.5, 0.6) is 5.75 Å². The Kier molecular flexibility index (Phi) is 7.25. The minimum Gasteiger partial charge on any atom is -0.483 e. The molecular weight excluding hydrogens is 448 g/mol. The summed E-state index contributed by atoms with van der Waals surface area (Å²) in [7, 11) is 0. The molecule has 170 valence electrons. The lowest BCUT2D eigenvalue weighted by Crippen LogP contribution is -2.31.